The number of hydrogen-bond donors (Lipinski definition) is 1. The number of nitrogens with zero attached hydrogens (tertiary/aromatic N) is 1. The van der Waals surface area contributed by atoms with Gasteiger partial charge in [0.05, 0.1) is 6.61 Å². The third kappa shape index (κ3) is 2.78. The Morgan fingerprint density at radius 2 is 1.81 bits per heavy atom. The van der Waals surface area contributed by atoms with Crippen molar-refractivity contribution in [3.05, 3.63) is 0 Å². The first kappa shape index (κ1) is 12.4. The fraction of sp³-hybridized carbons (Fsp3) is 1.00. The monoisotopic (exact) mass is 225 g/mol. The number of aliphatic hydroxyl groups excluding tert-OH is 1. The molecule has 0 spiro atoms. The summed E-state index contributed by atoms with van der Waals surface area (Å²) >= 11 is 0. The van der Waals surface area contributed by atoms with Gasteiger partial charge in [-0.05, 0) is 51.0 Å². The zero-order valence-electron chi connectivity index (χ0n) is 10.7. The first-order valence-corrected chi connectivity index (χ1v) is 7.21. The van der Waals surface area contributed by atoms with E-state index in [1.165, 1.54) is 57.9 Å². The highest BCUT2D eigenvalue weighted by molar-refractivity contribution is 4.85. The molecule has 16 heavy (non-hydrogen) atoms. The van der Waals surface area contributed by atoms with Crippen molar-refractivity contribution in [2.45, 2.75) is 70.4 Å². The molecule has 2 aliphatic rings. The minimum atomic E-state index is 0.369. The van der Waals surface area contributed by atoms with Gasteiger partial charge >= 0.3 is 0 Å². The van der Waals surface area contributed by atoms with Gasteiger partial charge in [0.2, 0.25) is 0 Å². The second kappa shape index (κ2) is 6.02. The Labute approximate surface area is 100 Å². The number of piperidine rings is 1. The lowest BCUT2D eigenvalue weighted by atomic mass is 9.82. The summed E-state index contributed by atoms with van der Waals surface area (Å²) in [6, 6.07) is 1.25. The maximum absolute atomic E-state index is 9.45. The topological polar surface area (TPSA) is 23.5 Å². The SMILES string of the molecule is CCC1CCC(N2CCCCC2CO)CC1. The molecule has 94 valence electrons. The number of hydrogen-bond acceptors (Lipinski definition) is 2. The normalized spacial score (nSPS) is 37.5. The van der Waals surface area contributed by atoms with Crippen molar-refractivity contribution in [2.75, 3.05) is 13.2 Å². The lowest BCUT2D eigenvalue weighted by molar-refractivity contribution is 0.0316. The zero-order valence-corrected chi connectivity index (χ0v) is 10.7. The van der Waals surface area contributed by atoms with E-state index in [4.69, 9.17) is 0 Å². The molecule has 1 aliphatic carbocycles. The summed E-state index contributed by atoms with van der Waals surface area (Å²) in [5.74, 6) is 0.980. The molecule has 0 aromatic heterocycles. The molecule has 1 atom stereocenters. The third-order valence-corrected chi connectivity index (χ3v) is 4.75. The van der Waals surface area contributed by atoms with Crippen molar-refractivity contribution in [3.63, 3.8) is 0 Å². The minimum absolute atomic E-state index is 0.369. The number of likely N-dealkylation sites (tertiary alicyclic amines) is 1. The molecule has 0 aromatic carbocycles. The van der Waals surface area contributed by atoms with E-state index < -0.39 is 0 Å². The average molecular weight is 225 g/mol. The molecule has 2 nitrogen and oxygen atoms in total. The molecule has 1 saturated carbocycles. The predicted octanol–water partition coefficient (Wildman–Crippen LogP) is 2.80. The van der Waals surface area contributed by atoms with Gasteiger partial charge in [-0.15, -0.1) is 0 Å². The quantitative estimate of drug-likeness (QED) is 0.798. The highest BCUT2D eigenvalue weighted by Gasteiger charge is 2.30. The Morgan fingerprint density at radius 1 is 1.06 bits per heavy atom. The van der Waals surface area contributed by atoms with E-state index in [-0.39, 0.29) is 0 Å². The van der Waals surface area contributed by atoms with Crippen molar-refractivity contribution in [1.82, 2.24) is 4.90 Å². The first-order valence-electron chi connectivity index (χ1n) is 7.21. The van der Waals surface area contributed by atoms with Crippen LogP contribution in [0, 0.1) is 5.92 Å². The fourth-order valence-corrected chi connectivity index (χ4v) is 3.58. The molecule has 2 fully saturated rings. The summed E-state index contributed by atoms with van der Waals surface area (Å²) in [5.41, 5.74) is 0. The maximum atomic E-state index is 9.45. The van der Waals surface area contributed by atoms with Gasteiger partial charge in [0.25, 0.3) is 0 Å². The lowest BCUT2D eigenvalue weighted by Gasteiger charge is -2.43. The highest BCUT2D eigenvalue weighted by atomic mass is 16.3. The third-order valence-electron chi connectivity index (χ3n) is 4.75. The van der Waals surface area contributed by atoms with Crippen molar-refractivity contribution in [3.8, 4) is 0 Å². The number of aliphatic hydroxyl groups is 1. The fourth-order valence-electron chi connectivity index (χ4n) is 3.58. The second-order valence-electron chi connectivity index (χ2n) is 5.65. The summed E-state index contributed by atoms with van der Waals surface area (Å²) in [6.45, 7) is 3.92. The molecular formula is C14H27NO. The minimum Gasteiger partial charge on any atom is -0.395 e. The van der Waals surface area contributed by atoms with E-state index in [0.717, 1.165) is 12.0 Å². The lowest BCUT2D eigenvalue weighted by Crippen LogP contribution is -2.49. The molecule has 0 radical (unpaired) electrons. The Kier molecular flexibility index (Phi) is 4.66. The summed E-state index contributed by atoms with van der Waals surface area (Å²) in [4.78, 5) is 2.62. The van der Waals surface area contributed by atoms with Crippen molar-refractivity contribution < 1.29 is 5.11 Å². The molecule has 1 saturated heterocycles. The Bertz CT molecular complexity index is 199. The predicted molar refractivity (Wildman–Crippen MR) is 67.5 cm³/mol. The molecule has 0 aromatic rings. The highest BCUT2D eigenvalue weighted by Crippen LogP contribution is 2.32. The largest absolute Gasteiger partial charge is 0.395 e. The van der Waals surface area contributed by atoms with E-state index in [0.29, 0.717) is 12.6 Å². The van der Waals surface area contributed by atoms with E-state index >= 15 is 0 Å². The average Bonchev–Trinajstić information content (AvgIpc) is 2.39. The van der Waals surface area contributed by atoms with E-state index in [9.17, 15) is 5.11 Å². The Morgan fingerprint density at radius 3 is 2.44 bits per heavy atom. The van der Waals surface area contributed by atoms with Crippen LogP contribution in [0.1, 0.15) is 58.3 Å². The smallest absolute Gasteiger partial charge is 0.0586 e. The van der Waals surface area contributed by atoms with Crippen LogP contribution >= 0.6 is 0 Å². The van der Waals surface area contributed by atoms with Crippen LogP contribution in [0.5, 0.6) is 0 Å². The molecule has 1 N–H and O–H groups in total. The van der Waals surface area contributed by atoms with Crippen LogP contribution in [0.2, 0.25) is 0 Å². The summed E-state index contributed by atoms with van der Waals surface area (Å²) in [7, 11) is 0. The number of rotatable bonds is 3. The molecule has 1 aliphatic heterocycles. The molecular weight excluding hydrogens is 198 g/mol. The standard InChI is InChI=1S/C14H27NO/c1-2-12-6-8-13(9-7-12)15-10-4-3-5-14(15)11-16/h12-14,16H,2-11H2,1H3. The van der Waals surface area contributed by atoms with Gasteiger partial charge < -0.3 is 5.11 Å². The maximum Gasteiger partial charge on any atom is 0.0586 e. The Balaban J connectivity index is 1.86. The van der Waals surface area contributed by atoms with Crippen molar-refractivity contribution >= 4 is 0 Å². The van der Waals surface area contributed by atoms with E-state index in [2.05, 4.69) is 11.8 Å². The van der Waals surface area contributed by atoms with Gasteiger partial charge in [-0.3, -0.25) is 4.90 Å². The molecule has 1 unspecified atom stereocenters. The van der Waals surface area contributed by atoms with Crippen LogP contribution in [0.3, 0.4) is 0 Å². The van der Waals surface area contributed by atoms with Gasteiger partial charge in [0, 0.05) is 12.1 Å². The zero-order chi connectivity index (χ0) is 11.4. The van der Waals surface area contributed by atoms with Crippen LogP contribution in [-0.4, -0.2) is 35.2 Å². The van der Waals surface area contributed by atoms with Gasteiger partial charge in [0.1, 0.15) is 0 Å². The second-order valence-corrected chi connectivity index (χ2v) is 5.65. The van der Waals surface area contributed by atoms with Crippen molar-refractivity contribution in [1.29, 1.82) is 0 Å². The van der Waals surface area contributed by atoms with E-state index in [1.54, 1.807) is 0 Å². The van der Waals surface area contributed by atoms with Gasteiger partial charge in [-0.1, -0.05) is 19.8 Å². The van der Waals surface area contributed by atoms with Crippen LogP contribution < -0.4 is 0 Å². The van der Waals surface area contributed by atoms with Crippen LogP contribution in [0.15, 0.2) is 0 Å². The van der Waals surface area contributed by atoms with Gasteiger partial charge in [-0.25, -0.2) is 0 Å². The molecule has 2 rings (SSSR count). The Hall–Kier alpha value is -0.0800. The summed E-state index contributed by atoms with van der Waals surface area (Å²) in [6.07, 6.45) is 10.8. The molecule has 0 amide bonds. The summed E-state index contributed by atoms with van der Waals surface area (Å²) < 4.78 is 0. The van der Waals surface area contributed by atoms with Crippen LogP contribution in [0.25, 0.3) is 0 Å². The molecule has 0 bridgehead atoms. The van der Waals surface area contributed by atoms with Crippen LogP contribution in [-0.2, 0) is 0 Å². The van der Waals surface area contributed by atoms with Crippen LogP contribution in [0.4, 0.5) is 0 Å². The molecule has 2 heteroatoms. The van der Waals surface area contributed by atoms with Gasteiger partial charge in [-0.2, -0.15) is 0 Å². The van der Waals surface area contributed by atoms with Gasteiger partial charge in [0.15, 0.2) is 0 Å². The molecule has 1 heterocycles. The van der Waals surface area contributed by atoms with Crippen molar-refractivity contribution in [2.24, 2.45) is 5.92 Å². The van der Waals surface area contributed by atoms with E-state index in [1.807, 2.05) is 0 Å². The first-order chi connectivity index (χ1) is 7.85. The summed E-state index contributed by atoms with van der Waals surface area (Å²) in [5, 5.41) is 9.45.